The van der Waals surface area contributed by atoms with Crippen LogP contribution in [0.5, 0.6) is 0 Å². The summed E-state index contributed by atoms with van der Waals surface area (Å²) in [6.45, 7) is 1.65. The van der Waals surface area contributed by atoms with Gasteiger partial charge in [-0.1, -0.05) is 28.1 Å². The number of benzene rings is 1. The first-order chi connectivity index (χ1) is 8.34. The van der Waals surface area contributed by atoms with Crippen LogP contribution in [0.1, 0.15) is 31.2 Å². The van der Waals surface area contributed by atoms with Gasteiger partial charge in [0.1, 0.15) is 0 Å². The Hall–Kier alpha value is -0.380. The molecule has 1 aliphatic rings. The monoisotopic (exact) mass is 298 g/mol. The number of halogens is 1. The summed E-state index contributed by atoms with van der Waals surface area (Å²) in [7, 11) is 0. The van der Waals surface area contributed by atoms with Crippen molar-refractivity contribution in [1.82, 2.24) is 0 Å². The van der Waals surface area contributed by atoms with Crippen LogP contribution < -0.4 is 0 Å². The lowest BCUT2D eigenvalue weighted by Gasteiger charge is -2.22. The van der Waals surface area contributed by atoms with E-state index in [1.54, 1.807) is 0 Å². The fourth-order valence-electron chi connectivity index (χ4n) is 2.03. The van der Waals surface area contributed by atoms with Gasteiger partial charge in [0.2, 0.25) is 0 Å². The average Bonchev–Trinajstić information content (AvgIpc) is 2.36. The van der Waals surface area contributed by atoms with Gasteiger partial charge in [-0.3, -0.25) is 0 Å². The first-order valence-corrected chi connectivity index (χ1v) is 7.11. The lowest BCUT2D eigenvalue weighted by Crippen LogP contribution is -2.22. The zero-order valence-electron chi connectivity index (χ0n) is 10.0. The van der Waals surface area contributed by atoms with Crippen LogP contribution >= 0.6 is 15.9 Å². The molecule has 94 valence electrons. The van der Waals surface area contributed by atoms with Crippen molar-refractivity contribution in [2.75, 3.05) is 13.2 Å². The number of hydrogen-bond acceptors (Lipinski definition) is 2. The molecule has 1 fully saturated rings. The maximum Gasteiger partial charge on any atom is 0.157 e. The minimum atomic E-state index is 0.0475. The van der Waals surface area contributed by atoms with Crippen LogP contribution in [0.2, 0.25) is 0 Å². The average molecular weight is 299 g/mol. The molecule has 1 aliphatic heterocycles. The minimum Gasteiger partial charge on any atom is -0.353 e. The number of ether oxygens (including phenoxy) is 2. The topological polar surface area (TPSA) is 18.5 Å². The van der Waals surface area contributed by atoms with E-state index in [-0.39, 0.29) is 6.29 Å². The van der Waals surface area contributed by atoms with Gasteiger partial charge in [-0.2, -0.15) is 0 Å². The maximum atomic E-state index is 5.70. The van der Waals surface area contributed by atoms with Gasteiger partial charge in [-0.25, -0.2) is 0 Å². The molecule has 1 aromatic rings. The molecule has 0 N–H and O–H groups in total. The zero-order chi connectivity index (χ0) is 11.9. The van der Waals surface area contributed by atoms with Crippen molar-refractivity contribution >= 4 is 15.9 Å². The van der Waals surface area contributed by atoms with Crippen molar-refractivity contribution in [2.24, 2.45) is 0 Å². The molecular formula is C14H19BrO2. The molecule has 2 nitrogen and oxygen atoms in total. The van der Waals surface area contributed by atoms with Crippen molar-refractivity contribution in [3.05, 3.63) is 34.3 Å². The molecule has 1 heterocycles. The molecule has 2 rings (SSSR count). The van der Waals surface area contributed by atoms with E-state index >= 15 is 0 Å². The third-order valence-electron chi connectivity index (χ3n) is 2.94. The van der Waals surface area contributed by atoms with Gasteiger partial charge in [-0.15, -0.1) is 0 Å². The second-order valence-corrected chi connectivity index (χ2v) is 5.32. The van der Waals surface area contributed by atoms with Crippen LogP contribution in [0, 0.1) is 0 Å². The van der Waals surface area contributed by atoms with E-state index in [1.807, 2.05) is 0 Å². The molecule has 0 bridgehead atoms. The van der Waals surface area contributed by atoms with E-state index in [1.165, 1.54) is 18.4 Å². The summed E-state index contributed by atoms with van der Waals surface area (Å²) in [5.41, 5.74) is 1.35. The zero-order valence-corrected chi connectivity index (χ0v) is 11.6. The Kier molecular flexibility index (Phi) is 5.49. The SMILES string of the molecule is Brc1cccc(CCCO[C@H]2CCCCO2)c1. The van der Waals surface area contributed by atoms with Gasteiger partial charge in [0.05, 0.1) is 6.61 Å². The first kappa shape index (κ1) is 13.1. The fraction of sp³-hybridized carbons (Fsp3) is 0.571. The molecule has 0 saturated carbocycles. The van der Waals surface area contributed by atoms with Gasteiger partial charge in [0, 0.05) is 11.1 Å². The third kappa shape index (κ3) is 4.78. The normalized spacial score (nSPS) is 20.4. The van der Waals surface area contributed by atoms with E-state index in [2.05, 4.69) is 40.2 Å². The second-order valence-electron chi connectivity index (χ2n) is 4.40. The largest absolute Gasteiger partial charge is 0.353 e. The van der Waals surface area contributed by atoms with E-state index in [4.69, 9.17) is 9.47 Å². The van der Waals surface area contributed by atoms with Crippen LogP contribution in [0.3, 0.4) is 0 Å². The van der Waals surface area contributed by atoms with Gasteiger partial charge >= 0.3 is 0 Å². The Morgan fingerprint density at radius 1 is 1.35 bits per heavy atom. The molecule has 0 unspecified atom stereocenters. The van der Waals surface area contributed by atoms with Crippen molar-refractivity contribution in [3.63, 3.8) is 0 Å². The lowest BCUT2D eigenvalue weighted by molar-refractivity contribution is -0.162. The molecule has 0 amide bonds. The van der Waals surface area contributed by atoms with Crippen molar-refractivity contribution in [2.45, 2.75) is 38.4 Å². The summed E-state index contributed by atoms with van der Waals surface area (Å²) in [4.78, 5) is 0. The molecule has 0 aliphatic carbocycles. The number of rotatable bonds is 5. The molecule has 1 atom stereocenters. The predicted molar refractivity (Wildman–Crippen MR) is 72.0 cm³/mol. The highest BCUT2D eigenvalue weighted by molar-refractivity contribution is 9.10. The maximum absolute atomic E-state index is 5.70. The molecule has 17 heavy (non-hydrogen) atoms. The summed E-state index contributed by atoms with van der Waals surface area (Å²) in [5.74, 6) is 0. The molecule has 3 heteroatoms. The van der Waals surface area contributed by atoms with E-state index < -0.39 is 0 Å². The molecule has 0 spiro atoms. The molecular weight excluding hydrogens is 280 g/mol. The highest BCUT2D eigenvalue weighted by Gasteiger charge is 2.13. The molecule has 0 aromatic heterocycles. The first-order valence-electron chi connectivity index (χ1n) is 6.32. The Labute approximate surface area is 111 Å². The second kappa shape index (κ2) is 7.14. The van der Waals surface area contributed by atoms with Crippen LogP contribution in [0.4, 0.5) is 0 Å². The number of hydrogen-bond donors (Lipinski definition) is 0. The summed E-state index contributed by atoms with van der Waals surface area (Å²) in [6.07, 6.45) is 5.62. The standard InChI is InChI=1S/C14H19BrO2/c15-13-7-3-5-12(11-13)6-4-10-17-14-8-1-2-9-16-14/h3,5,7,11,14H,1-2,4,6,8-10H2/t14-/m0/s1. The van der Waals surface area contributed by atoms with Crippen LogP contribution in [-0.4, -0.2) is 19.5 Å². The summed E-state index contributed by atoms with van der Waals surface area (Å²) < 4.78 is 12.4. The predicted octanol–water partition coefficient (Wildman–Crippen LogP) is 3.92. The highest BCUT2D eigenvalue weighted by Crippen LogP contribution is 2.15. The summed E-state index contributed by atoms with van der Waals surface area (Å²) in [6, 6.07) is 8.44. The van der Waals surface area contributed by atoms with Crippen LogP contribution in [0.15, 0.2) is 28.7 Å². The van der Waals surface area contributed by atoms with Gasteiger partial charge in [-0.05, 0) is 49.8 Å². The Morgan fingerprint density at radius 3 is 3.06 bits per heavy atom. The minimum absolute atomic E-state index is 0.0475. The number of aryl methyl sites for hydroxylation is 1. The van der Waals surface area contributed by atoms with E-state index in [0.717, 1.165) is 36.9 Å². The molecule has 1 saturated heterocycles. The Bertz CT molecular complexity index is 335. The highest BCUT2D eigenvalue weighted by atomic mass is 79.9. The van der Waals surface area contributed by atoms with Crippen molar-refractivity contribution < 1.29 is 9.47 Å². The van der Waals surface area contributed by atoms with E-state index in [9.17, 15) is 0 Å². The smallest absolute Gasteiger partial charge is 0.157 e. The van der Waals surface area contributed by atoms with Crippen LogP contribution in [0.25, 0.3) is 0 Å². The van der Waals surface area contributed by atoms with Gasteiger partial charge in [0.15, 0.2) is 6.29 Å². The molecule has 1 aromatic carbocycles. The fourth-order valence-corrected chi connectivity index (χ4v) is 2.47. The summed E-state index contributed by atoms with van der Waals surface area (Å²) >= 11 is 3.48. The van der Waals surface area contributed by atoms with Crippen LogP contribution in [-0.2, 0) is 15.9 Å². The van der Waals surface area contributed by atoms with E-state index in [0.29, 0.717) is 0 Å². The van der Waals surface area contributed by atoms with Crippen molar-refractivity contribution in [1.29, 1.82) is 0 Å². The molecule has 0 radical (unpaired) electrons. The summed E-state index contributed by atoms with van der Waals surface area (Å²) in [5, 5.41) is 0. The van der Waals surface area contributed by atoms with Gasteiger partial charge < -0.3 is 9.47 Å². The third-order valence-corrected chi connectivity index (χ3v) is 3.43. The van der Waals surface area contributed by atoms with Crippen molar-refractivity contribution in [3.8, 4) is 0 Å². The Morgan fingerprint density at radius 2 is 2.29 bits per heavy atom. The van der Waals surface area contributed by atoms with Gasteiger partial charge in [0.25, 0.3) is 0 Å². The Balaban J connectivity index is 1.62. The lowest BCUT2D eigenvalue weighted by atomic mass is 10.1. The quantitative estimate of drug-likeness (QED) is 0.767.